The number of benzene rings is 2. The fourth-order valence-electron chi connectivity index (χ4n) is 2.85. The van der Waals surface area contributed by atoms with Crippen LogP contribution in [0.3, 0.4) is 0 Å². The van der Waals surface area contributed by atoms with Crippen LogP contribution in [0.4, 0.5) is 0 Å². The zero-order chi connectivity index (χ0) is 21.7. The van der Waals surface area contributed by atoms with E-state index in [9.17, 15) is 9.59 Å². The van der Waals surface area contributed by atoms with Gasteiger partial charge in [-0.25, -0.2) is 0 Å². The Morgan fingerprint density at radius 2 is 0.867 bits per heavy atom. The third-order valence-corrected chi connectivity index (χ3v) is 4.36. The van der Waals surface area contributed by atoms with Crippen LogP contribution in [-0.4, -0.2) is 38.4 Å². The van der Waals surface area contributed by atoms with Crippen molar-refractivity contribution in [1.82, 2.24) is 9.97 Å². The summed E-state index contributed by atoms with van der Waals surface area (Å²) < 4.78 is 20.9. The molecule has 156 valence electrons. The molecule has 8 nitrogen and oxygen atoms in total. The van der Waals surface area contributed by atoms with Gasteiger partial charge in [0, 0.05) is 12.1 Å². The van der Waals surface area contributed by atoms with Crippen molar-refractivity contribution in [1.29, 1.82) is 0 Å². The molecule has 0 amide bonds. The Morgan fingerprint density at radius 1 is 0.567 bits per heavy atom. The van der Waals surface area contributed by atoms with Crippen LogP contribution in [-0.2, 0) is 0 Å². The number of ether oxygens (including phenoxy) is 4. The molecular formula is C22H22N2O6. The number of methoxy groups -OCH3 is 4. The quantitative estimate of drug-likeness (QED) is 0.622. The van der Waals surface area contributed by atoms with Crippen molar-refractivity contribution in [3.05, 3.63) is 78.9 Å². The Hall–Kier alpha value is -3.94. The van der Waals surface area contributed by atoms with Crippen LogP contribution in [0.1, 0.15) is 11.1 Å². The van der Waals surface area contributed by atoms with Gasteiger partial charge in [0.1, 0.15) is 33.7 Å². The Morgan fingerprint density at radius 3 is 1.13 bits per heavy atom. The Labute approximate surface area is 172 Å². The first-order chi connectivity index (χ1) is 14.4. The third kappa shape index (κ3) is 4.72. The maximum absolute atomic E-state index is 12.6. The predicted octanol–water partition coefficient (Wildman–Crippen LogP) is 0.755. The van der Waals surface area contributed by atoms with E-state index in [4.69, 9.17) is 18.9 Å². The molecule has 8 heteroatoms. The van der Waals surface area contributed by atoms with Crippen molar-refractivity contribution in [2.45, 2.75) is 0 Å². The lowest BCUT2D eigenvalue weighted by Crippen LogP contribution is -2.46. The average molecular weight is 410 g/mol. The standard InChI is InChI=1S/C22H22N2O6/c1-27-15-5-13(6-16(11-15)28-2)9-19-21(25)24-20(22(26)23-19)10-14-7-17(29-3)12-18(8-14)30-4/h5-12H,1-4H3,(H,23,26)(H,24,25)/b19-9-,20-10-. The Kier molecular flexibility index (Phi) is 6.26. The van der Waals surface area contributed by atoms with Gasteiger partial charge in [-0.2, -0.15) is 0 Å². The van der Waals surface area contributed by atoms with Gasteiger partial charge in [0.05, 0.1) is 28.4 Å². The SMILES string of the molecule is COc1cc(/C=c2\[nH]c(=O)/c(=C/c3cc(OC)cc(OC)c3)[nH]c2=O)cc(OC)c1. The highest BCUT2D eigenvalue weighted by Gasteiger charge is 2.03. The molecule has 0 bridgehead atoms. The molecule has 1 aromatic heterocycles. The first-order valence-corrected chi connectivity index (χ1v) is 8.98. The van der Waals surface area contributed by atoms with Crippen LogP contribution >= 0.6 is 0 Å². The van der Waals surface area contributed by atoms with E-state index in [0.717, 1.165) is 0 Å². The lowest BCUT2D eigenvalue weighted by molar-refractivity contribution is 0.394. The Bertz CT molecular complexity index is 1140. The van der Waals surface area contributed by atoms with E-state index in [1.54, 1.807) is 48.6 Å². The molecule has 0 aliphatic rings. The van der Waals surface area contributed by atoms with Crippen molar-refractivity contribution in [3.63, 3.8) is 0 Å². The van der Waals surface area contributed by atoms with Crippen molar-refractivity contribution in [2.24, 2.45) is 0 Å². The van der Waals surface area contributed by atoms with E-state index < -0.39 is 11.1 Å². The van der Waals surface area contributed by atoms with Crippen molar-refractivity contribution < 1.29 is 18.9 Å². The molecule has 0 radical (unpaired) electrons. The van der Waals surface area contributed by atoms with Gasteiger partial charge in [-0.3, -0.25) is 9.59 Å². The van der Waals surface area contributed by atoms with Crippen LogP contribution in [0.15, 0.2) is 46.0 Å². The molecular weight excluding hydrogens is 388 g/mol. The lowest BCUT2D eigenvalue weighted by Gasteiger charge is -2.06. The monoisotopic (exact) mass is 410 g/mol. The number of H-pyrrole nitrogens is 2. The van der Waals surface area contributed by atoms with Crippen LogP contribution in [0.5, 0.6) is 23.0 Å². The number of hydrogen-bond acceptors (Lipinski definition) is 6. The van der Waals surface area contributed by atoms with Crippen LogP contribution in [0, 0.1) is 0 Å². The normalized spacial score (nSPS) is 12.0. The van der Waals surface area contributed by atoms with Gasteiger partial charge in [-0.05, 0) is 47.5 Å². The lowest BCUT2D eigenvalue weighted by atomic mass is 10.2. The largest absolute Gasteiger partial charge is 0.497 e. The summed E-state index contributed by atoms with van der Waals surface area (Å²) in [5, 5.41) is 0.214. The minimum Gasteiger partial charge on any atom is -0.497 e. The molecule has 0 atom stereocenters. The summed E-state index contributed by atoms with van der Waals surface area (Å²) in [5.74, 6) is 2.26. The topological polar surface area (TPSA) is 103 Å². The van der Waals surface area contributed by atoms with E-state index in [0.29, 0.717) is 34.1 Å². The molecule has 3 rings (SSSR count). The fourth-order valence-corrected chi connectivity index (χ4v) is 2.85. The molecule has 0 fully saturated rings. The summed E-state index contributed by atoms with van der Waals surface area (Å²) in [6.07, 6.45) is 3.09. The van der Waals surface area contributed by atoms with E-state index in [1.807, 2.05) is 0 Å². The van der Waals surface area contributed by atoms with Gasteiger partial charge in [-0.15, -0.1) is 0 Å². The maximum Gasteiger partial charge on any atom is 0.272 e. The average Bonchev–Trinajstić information content (AvgIpc) is 2.76. The van der Waals surface area contributed by atoms with E-state index in [2.05, 4.69) is 9.97 Å². The Balaban J connectivity index is 2.11. The number of aromatic nitrogens is 2. The van der Waals surface area contributed by atoms with Crippen LogP contribution in [0.2, 0.25) is 0 Å². The first kappa shape index (κ1) is 20.8. The summed E-state index contributed by atoms with van der Waals surface area (Å²) in [4.78, 5) is 30.3. The maximum atomic E-state index is 12.6. The van der Waals surface area contributed by atoms with Crippen LogP contribution in [0.25, 0.3) is 12.2 Å². The summed E-state index contributed by atoms with van der Waals surface area (Å²) >= 11 is 0. The smallest absolute Gasteiger partial charge is 0.272 e. The van der Waals surface area contributed by atoms with Gasteiger partial charge < -0.3 is 28.9 Å². The second-order valence-electron chi connectivity index (χ2n) is 6.32. The molecule has 1 heterocycles. The third-order valence-electron chi connectivity index (χ3n) is 4.36. The number of aromatic amines is 2. The van der Waals surface area contributed by atoms with Crippen molar-refractivity contribution in [2.75, 3.05) is 28.4 Å². The second-order valence-corrected chi connectivity index (χ2v) is 6.32. The molecule has 0 unspecified atom stereocenters. The summed E-state index contributed by atoms with van der Waals surface area (Å²) in [6.45, 7) is 0. The van der Waals surface area contributed by atoms with Crippen molar-refractivity contribution in [3.8, 4) is 23.0 Å². The molecule has 0 saturated carbocycles. The summed E-state index contributed by atoms with van der Waals surface area (Å²) in [7, 11) is 6.13. The van der Waals surface area contributed by atoms with Gasteiger partial charge in [0.25, 0.3) is 11.1 Å². The second kappa shape index (κ2) is 9.04. The molecule has 0 aliphatic heterocycles. The van der Waals surface area contributed by atoms with Crippen LogP contribution < -0.4 is 40.8 Å². The number of hydrogen-bond donors (Lipinski definition) is 2. The molecule has 0 spiro atoms. The van der Waals surface area contributed by atoms with E-state index >= 15 is 0 Å². The molecule has 2 aromatic carbocycles. The highest BCUT2D eigenvalue weighted by molar-refractivity contribution is 5.55. The molecule has 0 aliphatic carbocycles. The number of nitrogens with one attached hydrogen (secondary N) is 2. The van der Waals surface area contributed by atoms with Gasteiger partial charge in [0.15, 0.2) is 0 Å². The zero-order valence-electron chi connectivity index (χ0n) is 17.1. The molecule has 3 aromatic rings. The van der Waals surface area contributed by atoms with Crippen molar-refractivity contribution >= 4 is 12.2 Å². The number of rotatable bonds is 6. The highest BCUT2D eigenvalue weighted by atomic mass is 16.5. The van der Waals surface area contributed by atoms with Gasteiger partial charge in [-0.1, -0.05) is 0 Å². The summed E-state index contributed by atoms with van der Waals surface area (Å²) in [6, 6.07) is 10.3. The summed E-state index contributed by atoms with van der Waals surface area (Å²) in [5.41, 5.74) is 0.387. The van der Waals surface area contributed by atoms with E-state index in [-0.39, 0.29) is 10.7 Å². The molecule has 30 heavy (non-hydrogen) atoms. The minimum absolute atomic E-state index is 0.107. The predicted molar refractivity (Wildman–Crippen MR) is 113 cm³/mol. The zero-order valence-corrected chi connectivity index (χ0v) is 17.1. The van der Waals surface area contributed by atoms with Gasteiger partial charge >= 0.3 is 0 Å². The highest BCUT2D eigenvalue weighted by Crippen LogP contribution is 2.23. The van der Waals surface area contributed by atoms with E-state index in [1.165, 1.54) is 28.4 Å². The fraction of sp³-hybridized carbons (Fsp3) is 0.182. The molecule has 2 N–H and O–H groups in total. The van der Waals surface area contributed by atoms with Gasteiger partial charge in [0.2, 0.25) is 0 Å². The molecule has 0 saturated heterocycles. The first-order valence-electron chi connectivity index (χ1n) is 8.98. The minimum atomic E-state index is -0.447.